The minimum absolute atomic E-state index is 0.0499. The number of aryl methyl sites for hydroxylation is 1. The highest BCUT2D eigenvalue weighted by Crippen LogP contribution is 2.62. The Hall–Kier alpha value is -5.94. The molecule has 6 heterocycles. The topological polar surface area (TPSA) is 164 Å². The monoisotopic (exact) mass is 935 g/mol. The molecular weight excluding hydrogens is 879 g/mol. The highest BCUT2D eigenvalue weighted by Gasteiger charge is 2.56. The molecule has 4 unspecified atom stereocenters. The van der Waals surface area contributed by atoms with E-state index in [9.17, 15) is 14.7 Å². The molecule has 2 N–H and O–H groups in total. The van der Waals surface area contributed by atoms with Crippen LogP contribution in [-0.4, -0.2) is 105 Å². The van der Waals surface area contributed by atoms with Crippen LogP contribution in [0.3, 0.4) is 0 Å². The number of likely N-dealkylation sites (N-methyl/N-ethyl adjacent to an activating group) is 1. The Morgan fingerprint density at radius 2 is 1.69 bits per heavy atom. The number of fused-ring (bicyclic) bond motifs is 6. The Morgan fingerprint density at radius 1 is 0.925 bits per heavy atom. The van der Waals surface area contributed by atoms with Gasteiger partial charge in [-0.1, -0.05) is 36.4 Å². The van der Waals surface area contributed by atoms with Crippen molar-refractivity contribution >= 4 is 35.9 Å². The summed E-state index contributed by atoms with van der Waals surface area (Å²) in [6.45, 7) is 9.80. The highest BCUT2D eigenvalue weighted by atomic mass is 32.2. The minimum atomic E-state index is -1.42. The smallest absolute Gasteiger partial charge is 0.504 e. The van der Waals surface area contributed by atoms with E-state index in [1.807, 2.05) is 58.3 Å². The van der Waals surface area contributed by atoms with E-state index in [1.165, 1.54) is 24.9 Å². The number of ether oxygens (including phenoxy) is 8. The van der Waals surface area contributed by atoms with Crippen LogP contribution >= 0.6 is 11.8 Å². The number of rotatable bonds is 7. The van der Waals surface area contributed by atoms with Crippen LogP contribution in [0, 0.1) is 13.8 Å². The Morgan fingerprint density at radius 3 is 2.40 bits per heavy atom. The third-order valence-corrected chi connectivity index (χ3v) is 14.7. The first kappa shape index (κ1) is 46.2. The number of esters is 2. The Bertz CT molecular complexity index is 2660. The molecule has 0 aromatic heterocycles. The second-order valence-corrected chi connectivity index (χ2v) is 19.8. The maximum absolute atomic E-state index is 15.1. The third-order valence-electron chi connectivity index (χ3n) is 13.2. The van der Waals surface area contributed by atoms with E-state index >= 15 is 4.79 Å². The van der Waals surface area contributed by atoms with Crippen molar-refractivity contribution in [3.8, 4) is 40.2 Å². The number of phenols is 1. The van der Waals surface area contributed by atoms with Crippen LogP contribution in [0.1, 0.15) is 88.2 Å². The predicted octanol–water partition coefficient (Wildman–Crippen LogP) is 7.64. The van der Waals surface area contributed by atoms with Gasteiger partial charge in [-0.15, -0.1) is 11.8 Å². The van der Waals surface area contributed by atoms with Crippen molar-refractivity contribution in [3.05, 3.63) is 105 Å². The molecule has 10 rings (SSSR count). The molecule has 5 atom stereocenters. The average molecular weight is 936 g/mol. The van der Waals surface area contributed by atoms with Gasteiger partial charge in [-0.3, -0.25) is 10.2 Å². The summed E-state index contributed by atoms with van der Waals surface area (Å²) in [6, 6.07) is 13.5. The maximum atomic E-state index is 15.1. The molecule has 2 bridgehead atoms. The van der Waals surface area contributed by atoms with Gasteiger partial charge in [0.25, 0.3) is 0 Å². The predicted molar refractivity (Wildman–Crippen MR) is 251 cm³/mol. The van der Waals surface area contributed by atoms with Crippen LogP contribution < -0.4 is 33.7 Å². The summed E-state index contributed by atoms with van der Waals surface area (Å²) in [6.07, 6.45) is 3.31. The van der Waals surface area contributed by atoms with Crippen LogP contribution in [0.2, 0.25) is 0 Å². The van der Waals surface area contributed by atoms with Crippen LogP contribution in [0.5, 0.6) is 40.2 Å². The van der Waals surface area contributed by atoms with Crippen molar-refractivity contribution in [2.24, 2.45) is 0 Å². The normalized spacial score (nSPS) is 23.1. The van der Waals surface area contributed by atoms with Crippen LogP contribution in [0.15, 0.2) is 54.6 Å². The first-order valence-electron chi connectivity index (χ1n) is 22.4. The lowest BCUT2D eigenvalue weighted by Gasteiger charge is -2.52. The van der Waals surface area contributed by atoms with E-state index in [-0.39, 0.29) is 36.4 Å². The van der Waals surface area contributed by atoms with E-state index in [0.29, 0.717) is 60.1 Å². The fourth-order valence-electron chi connectivity index (χ4n) is 10.5. The lowest BCUT2D eigenvalue weighted by molar-refractivity contribution is -0.154. The van der Waals surface area contributed by atoms with Crippen molar-refractivity contribution in [2.45, 2.75) is 82.0 Å². The van der Waals surface area contributed by atoms with Gasteiger partial charge in [0.2, 0.25) is 6.79 Å². The summed E-state index contributed by atoms with van der Waals surface area (Å²) >= 11 is 1.53. The van der Waals surface area contributed by atoms with Crippen molar-refractivity contribution in [3.63, 3.8) is 0 Å². The lowest BCUT2D eigenvalue weighted by Crippen LogP contribution is -2.58. The molecule has 67 heavy (non-hydrogen) atoms. The first-order chi connectivity index (χ1) is 32.0. The molecule has 354 valence electrons. The van der Waals surface area contributed by atoms with Gasteiger partial charge in [0.15, 0.2) is 40.0 Å². The minimum Gasteiger partial charge on any atom is -0.504 e. The summed E-state index contributed by atoms with van der Waals surface area (Å²) in [4.78, 5) is 46.6. The summed E-state index contributed by atoms with van der Waals surface area (Å²) in [5.74, 6) is 1.22. The fraction of sp³-hybridized carbons (Fsp3) is 0.431. The number of hydrogen-bond donors (Lipinski definition) is 2. The Kier molecular flexibility index (Phi) is 12.4. The largest absolute Gasteiger partial charge is 0.514 e. The molecular formula is C51H57N3O12S. The highest BCUT2D eigenvalue weighted by molar-refractivity contribution is 7.99. The van der Waals surface area contributed by atoms with Crippen LogP contribution in [-0.2, 0) is 37.4 Å². The van der Waals surface area contributed by atoms with E-state index in [2.05, 4.69) is 21.2 Å². The first-order valence-corrected chi connectivity index (χ1v) is 23.5. The number of aromatic hydroxyl groups is 1. The van der Waals surface area contributed by atoms with Crippen molar-refractivity contribution in [2.75, 3.05) is 60.6 Å². The van der Waals surface area contributed by atoms with Gasteiger partial charge in [-0.2, -0.15) is 0 Å². The quantitative estimate of drug-likeness (QED) is 0.0804. The number of methoxy groups -OCH3 is 2. The van der Waals surface area contributed by atoms with E-state index in [1.54, 1.807) is 46.1 Å². The van der Waals surface area contributed by atoms with Crippen molar-refractivity contribution < 1.29 is 57.4 Å². The molecule has 6 aliphatic rings. The average Bonchev–Trinajstić information content (AvgIpc) is 3.71. The number of hydrogen-bond acceptors (Lipinski definition) is 16. The van der Waals surface area contributed by atoms with Gasteiger partial charge in [0.1, 0.15) is 18.0 Å². The van der Waals surface area contributed by atoms with Crippen LogP contribution in [0.4, 0.5) is 4.79 Å². The number of nitrogens with zero attached hydrogens (tertiary/aromatic N) is 2. The summed E-state index contributed by atoms with van der Waals surface area (Å²) in [5.41, 5.74) is 4.55. The SMILES string of the molecule is COc1cc2c(cc1OC(=O)OC(C)(C)C)CCN[C@]21CSC2c3c(OC(=O)/C=C/c4ccccc4)c(C)c4c(c3C(COC1=O)N1CCc3cc(C)c(OC)c(O)c3C(N(C)C)C21)OCO4. The standard InChI is InChI=1S/C51H57N3O12S/c1-27-21-31-18-20-54-33-24-61-48(57)51(32-23-34(59-8)35(22-30(32)17-19-52-51)64-49(58)66-50(3,4)5)25-67-47(41(54)40(53(6)7)37(31)42(56)43(27)60-9)39-38(33)46-45(62-26-63-46)28(2)44(39)65-36(55)16-15-29-13-11-10-12-14-29/h10-16,21-23,33,40-41,47,52,56H,17-20,24-26H2,1-9H3/b16-15+/t33?,40?,41?,47?,51-/m1/s1. The number of benzene rings is 4. The Balaban J connectivity index is 1.24. The van der Waals surface area contributed by atoms with Gasteiger partial charge in [0, 0.05) is 53.2 Å². The molecule has 0 saturated carbocycles. The number of carbonyl (C=O) groups excluding carboxylic acids is 3. The molecule has 6 aliphatic heterocycles. The van der Waals surface area contributed by atoms with Crippen molar-refractivity contribution in [1.82, 2.24) is 15.1 Å². The molecule has 1 saturated heterocycles. The zero-order valence-electron chi connectivity index (χ0n) is 39.3. The fourth-order valence-corrected chi connectivity index (χ4v) is 12.2. The summed E-state index contributed by atoms with van der Waals surface area (Å²) < 4.78 is 48.5. The Labute approximate surface area is 394 Å². The molecule has 16 heteroatoms. The number of nitrogens with one attached hydrogen (secondary N) is 1. The maximum Gasteiger partial charge on any atom is 0.514 e. The van der Waals surface area contributed by atoms with Crippen LogP contribution in [0.25, 0.3) is 6.08 Å². The molecule has 0 aliphatic carbocycles. The van der Waals surface area contributed by atoms with E-state index in [4.69, 9.17) is 37.9 Å². The molecule has 4 aromatic rings. The molecule has 4 aromatic carbocycles. The van der Waals surface area contributed by atoms with E-state index < -0.39 is 52.6 Å². The van der Waals surface area contributed by atoms with Gasteiger partial charge < -0.3 is 47.9 Å². The number of thioether (sulfide) groups is 1. The van der Waals surface area contributed by atoms with Gasteiger partial charge >= 0.3 is 18.1 Å². The second kappa shape index (κ2) is 17.9. The number of phenolic OH excluding ortho intramolecular Hbond substituents is 1. The molecule has 0 radical (unpaired) electrons. The van der Waals surface area contributed by atoms with Crippen molar-refractivity contribution in [1.29, 1.82) is 0 Å². The zero-order chi connectivity index (χ0) is 47.5. The molecule has 1 fully saturated rings. The lowest BCUT2D eigenvalue weighted by atomic mass is 9.80. The third kappa shape index (κ3) is 8.21. The summed E-state index contributed by atoms with van der Waals surface area (Å²) in [5, 5.41) is 15.3. The molecule has 15 nitrogen and oxygen atoms in total. The molecule has 0 amide bonds. The van der Waals surface area contributed by atoms with Gasteiger partial charge in [-0.05, 0) is 108 Å². The number of carbonyl (C=O) groups is 3. The van der Waals surface area contributed by atoms with E-state index in [0.717, 1.165) is 38.9 Å². The molecule has 1 spiro atoms. The van der Waals surface area contributed by atoms with Gasteiger partial charge in [-0.25, -0.2) is 14.4 Å². The van der Waals surface area contributed by atoms with Gasteiger partial charge in [0.05, 0.1) is 31.6 Å². The summed E-state index contributed by atoms with van der Waals surface area (Å²) in [7, 11) is 7.01. The zero-order valence-corrected chi connectivity index (χ0v) is 40.1. The second-order valence-electron chi connectivity index (χ2n) is 18.7.